The summed E-state index contributed by atoms with van der Waals surface area (Å²) in [5.74, 6) is -0.847. The molecule has 0 saturated heterocycles. The minimum absolute atomic E-state index is 0.0602. The van der Waals surface area contributed by atoms with E-state index in [1.165, 1.54) is 24.3 Å². The highest BCUT2D eigenvalue weighted by Crippen LogP contribution is 2.35. The van der Waals surface area contributed by atoms with E-state index >= 15 is 0 Å². The van der Waals surface area contributed by atoms with Crippen LogP contribution in [0.2, 0.25) is 20.1 Å². The maximum absolute atomic E-state index is 12.8. The molecule has 0 aliphatic rings. The molecule has 368 valence electrons. The Balaban J connectivity index is 0.000000275. The van der Waals surface area contributed by atoms with Gasteiger partial charge in [-0.3, -0.25) is 25.0 Å². The molecule has 0 bridgehead atoms. The fraction of sp³-hybridized carbons (Fsp3) is 0.273. The van der Waals surface area contributed by atoms with Crippen molar-refractivity contribution in [1.29, 1.82) is 0 Å². The number of nitrogen functional groups attached to an aromatic ring is 2. The second-order valence-electron chi connectivity index (χ2n) is 15.2. The third kappa shape index (κ3) is 16.2. The number of carbonyl (C=O) groups is 2. The zero-order valence-corrected chi connectivity index (χ0v) is 40.1. The molecule has 0 aliphatic heterocycles. The van der Waals surface area contributed by atoms with E-state index in [2.05, 4.69) is 25.9 Å². The van der Waals surface area contributed by atoms with Crippen molar-refractivity contribution in [3.05, 3.63) is 137 Å². The van der Waals surface area contributed by atoms with Crippen molar-refractivity contribution in [1.82, 2.24) is 24.4 Å². The van der Waals surface area contributed by atoms with E-state index in [4.69, 9.17) is 68.7 Å². The number of hydrogen-bond donors (Lipinski definition) is 9. The Bertz CT molecular complexity index is 2750. The summed E-state index contributed by atoms with van der Waals surface area (Å²) in [5, 5.41) is 59.1. The smallest absolute Gasteiger partial charge is 0.337 e. The molecule has 21 nitrogen and oxygen atoms in total. The van der Waals surface area contributed by atoms with Crippen LogP contribution < -0.4 is 33.2 Å². The van der Waals surface area contributed by atoms with Crippen LogP contribution in [-0.2, 0) is 13.1 Å². The number of aryl methyl sites for hydroxylation is 2. The first-order valence-electron chi connectivity index (χ1n) is 20.8. The van der Waals surface area contributed by atoms with Crippen molar-refractivity contribution in [2.24, 2.45) is 5.73 Å². The van der Waals surface area contributed by atoms with Crippen LogP contribution in [-0.4, -0.2) is 94.5 Å². The number of rotatable bonds is 19. The lowest BCUT2D eigenvalue weighted by Gasteiger charge is -2.11. The normalized spacial score (nSPS) is 11.6. The summed E-state index contributed by atoms with van der Waals surface area (Å²) < 4.78 is 3.64. The number of aliphatic hydroxyl groups is 2. The lowest BCUT2D eigenvalue weighted by molar-refractivity contribution is -0.384. The largest absolute Gasteiger partial charge is 0.478 e. The van der Waals surface area contributed by atoms with Gasteiger partial charge in [0.15, 0.2) is 0 Å². The average Bonchev–Trinajstić information content (AvgIpc) is 3.92. The number of aromatic carboxylic acids is 1. The molecule has 6 aromatic rings. The van der Waals surface area contributed by atoms with Crippen LogP contribution in [0.3, 0.4) is 0 Å². The van der Waals surface area contributed by atoms with Gasteiger partial charge in [-0.1, -0.05) is 58.5 Å². The molecule has 25 heteroatoms. The van der Waals surface area contributed by atoms with Gasteiger partial charge in [-0.25, -0.2) is 14.8 Å². The summed E-state index contributed by atoms with van der Waals surface area (Å²) in [7, 11) is 0. The average molecular weight is 1030 g/mol. The number of pyridine rings is 2. The van der Waals surface area contributed by atoms with Crippen LogP contribution in [0.5, 0.6) is 0 Å². The molecule has 4 aromatic heterocycles. The van der Waals surface area contributed by atoms with E-state index in [0.29, 0.717) is 98.6 Å². The minimum atomic E-state index is -1.06. The number of carbonyl (C=O) groups excluding carboxylic acids is 1. The number of nitrogens with zero attached hydrogens (tertiary/aromatic N) is 6. The Labute approximate surface area is 415 Å². The first-order valence-corrected chi connectivity index (χ1v) is 22.3. The van der Waals surface area contributed by atoms with Crippen LogP contribution in [0, 0.1) is 20.2 Å². The molecule has 2 aromatic carbocycles. The van der Waals surface area contributed by atoms with Crippen LogP contribution in [0.15, 0.2) is 85.5 Å². The molecule has 6 rings (SSSR count). The van der Waals surface area contributed by atoms with Gasteiger partial charge in [0.1, 0.15) is 11.6 Å². The molecule has 12 N–H and O–H groups in total. The first kappa shape index (κ1) is 54.9. The second kappa shape index (κ2) is 26.1. The molecular formula is C44H50Cl4N12O9. The number of aliphatic hydroxyl groups excluding tert-OH is 2. The monoisotopic (exact) mass is 1030 g/mol. The van der Waals surface area contributed by atoms with Gasteiger partial charge in [-0.2, -0.15) is 0 Å². The summed E-state index contributed by atoms with van der Waals surface area (Å²) >= 11 is 24.6. The SMILES string of the molecule is C[C@@H](CO)NC(=O)c1cn(CCCNc2ccc([N+](=O)[O-])c(N)n2)cc1-c1ccc(Cl)cc1Cl.C[C@H](N)CO.Nc1nc(NCCCn2cc(C(=O)O)c(-c3ccc(Cl)cc3Cl)c2)ccc1[N+](=O)[O-]. The zero-order valence-electron chi connectivity index (χ0n) is 37.1. The van der Waals surface area contributed by atoms with Crippen molar-refractivity contribution in [3.8, 4) is 22.3 Å². The van der Waals surface area contributed by atoms with Gasteiger partial charge in [0.25, 0.3) is 5.91 Å². The van der Waals surface area contributed by atoms with E-state index in [-0.39, 0.29) is 53.7 Å². The predicted octanol–water partition coefficient (Wildman–Crippen LogP) is 7.83. The highest BCUT2D eigenvalue weighted by molar-refractivity contribution is 6.37. The number of nitrogens with two attached hydrogens (primary N) is 3. The molecular weight excluding hydrogens is 982 g/mol. The molecule has 2 atom stereocenters. The number of hydrogen-bond acceptors (Lipinski definition) is 15. The minimum Gasteiger partial charge on any atom is -0.478 e. The zero-order chi connectivity index (χ0) is 50.9. The van der Waals surface area contributed by atoms with Gasteiger partial charge in [0, 0.05) is 118 Å². The summed E-state index contributed by atoms with van der Waals surface area (Å²) in [4.78, 5) is 52.9. The number of nitrogens with one attached hydrogen (secondary N) is 3. The van der Waals surface area contributed by atoms with Crippen molar-refractivity contribution >= 4 is 92.9 Å². The van der Waals surface area contributed by atoms with E-state index in [1.54, 1.807) is 73.4 Å². The number of carboxylic acids is 1. The summed E-state index contributed by atoms with van der Waals surface area (Å²) in [5.41, 5.74) is 18.7. The summed E-state index contributed by atoms with van der Waals surface area (Å²) in [6.07, 6.45) is 8.12. The quantitative estimate of drug-likeness (QED) is 0.0212. The van der Waals surface area contributed by atoms with Crippen LogP contribution in [0.25, 0.3) is 22.3 Å². The lowest BCUT2D eigenvalue weighted by atomic mass is 10.0. The molecule has 0 fully saturated rings. The van der Waals surface area contributed by atoms with E-state index < -0.39 is 21.9 Å². The number of aromatic nitrogens is 4. The third-order valence-corrected chi connectivity index (χ3v) is 10.7. The summed E-state index contributed by atoms with van der Waals surface area (Å²) in [6.45, 7) is 5.46. The maximum atomic E-state index is 12.8. The van der Waals surface area contributed by atoms with Crippen molar-refractivity contribution in [2.75, 3.05) is 48.4 Å². The number of nitro groups is 2. The number of benzene rings is 2. The third-order valence-electron chi connectivity index (χ3n) is 9.61. The molecule has 69 heavy (non-hydrogen) atoms. The Kier molecular flexibility index (Phi) is 20.8. The Morgan fingerprint density at radius 3 is 1.46 bits per heavy atom. The van der Waals surface area contributed by atoms with E-state index in [9.17, 15) is 40.0 Å². The van der Waals surface area contributed by atoms with Gasteiger partial charge >= 0.3 is 17.3 Å². The molecule has 0 unspecified atom stereocenters. The van der Waals surface area contributed by atoms with Gasteiger partial charge in [0.05, 0.1) is 34.2 Å². The second-order valence-corrected chi connectivity index (χ2v) is 16.9. The molecule has 0 spiro atoms. The van der Waals surface area contributed by atoms with E-state index in [0.717, 1.165) is 0 Å². The number of halogens is 4. The van der Waals surface area contributed by atoms with E-state index in [1.807, 2.05) is 10.8 Å². The van der Waals surface area contributed by atoms with Gasteiger partial charge < -0.3 is 57.6 Å². The van der Waals surface area contributed by atoms with Crippen LogP contribution >= 0.6 is 46.4 Å². The van der Waals surface area contributed by atoms with Crippen molar-refractivity contribution < 1.29 is 34.8 Å². The maximum Gasteiger partial charge on any atom is 0.337 e. The molecule has 0 saturated carbocycles. The number of amides is 1. The standard InChI is InChI=1S/C22H24Cl2N6O4.C19H17Cl2N5O4.C3H9NO/c1-13(12-31)27-22(32)17-11-29(10-16(17)15-4-3-14(23)9-18(15)24)8-2-7-26-20-6-5-19(30(33)34)21(25)28-20;20-11-2-3-12(15(21)8-11)13-9-25(10-14(13)19(27)28)7-1-6-23-17-5-4-16(26(29)30)18(22)24-17;1-3(4)2-5/h3-6,9-11,13,31H,2,7-8,12H2,1H3,(H,27,32)(H3,25,26,28);2-5,8-10H,1,6-7H2,(H,27,28)(H3,22,23,24);3,5H,2,4H2,1H3/t13-;;3-/m0.0/s1. The topological polar surface area (TPSA) is 331 Å². The van der Waals surface area contributed by atoms with Crippen molar-refractivity contribution in [3.63, 3.8) is 0 Å². The Morgan fingerprint density at radius 1 is 0.681 bits per heavy atom. The summed E-state index contributed by atoms with van der Waals surface area (Å²) in [6, 6.07) is 15.1. The van der Waals surface area contributed by atoms with Gasteiger partial charge in [-0.05, 0) is 63.1 Å². The lowest BCUT2D eigenvalue weighted by Crippen LogP contribution is -2.35. The highest BCUT2D eigenvalue weighted by Gasteiger charge is 2.21. The highest BCUT2D eigenvalue weighted by atomic mass is 35.5. The first-order chi connectivity index (χ1) is 32.7. The Morgan fingerprint density at radius 2 is 1.10 bits per heavy atom. The predicted molar refractivity (Wildman–Crippen MR) is 268 cm³/mol. The fourth-order valence-electron chi connectivity index (χ4n) is 6.21. The molecule has 4 heterocycles. The molecule has 0 radical (unpaired) electrons. The number of carboxylic acid groups (broad SMARTS) is 1. The van der Waals surface area contributed by atoms with Gasteiger partial charge in [-0.15, -0.1) is 0 Å². The number of anilines is 4. The molecule has 0 aliphatic carbocycles. The van der Waals surface area contributed by atoms with Crippen LogP contribution in [0.4, 0.5) is 34.6 Å². The Hall–Kier alpha value is -6.72. The van der Waals surface area contributed by atoms with Crippen molar-refractivity contribution in [2.45, 2.75) is 51.9 Å². The van der Waals surface area contributed by atoms with Crippen LogP contribution in [0.1, 0.15) is 47.4 Å². The van der Waals surface area contributed by atoms with Gasteiger partial charge in [0.2, 0.25) is 11.6 Å². The fourth-order valence-corrected chi connectivity index (χ4v) is 7.24. The molecule has 1 amide bonds.